The molecular formula is C14H32N2. The Morgan fingerprint density at radius 1 is 1.19 bits per heavy atom. The second-order valence-corrected chi connectivity index (χ2v) is 6.65. The molecule has 98 valence electrons. The minimum Gasteiger partial charge on any atom is -0.319 e. The molecule has 0 saturated carbocycles. The molecular weight excluding hydrogens is 196 g/mol. The Bertz CT molecular complexity index is 195. The number of hydrogen-bond donors (Lipinski definition) is 1. The second kappa shape index (κ2) is 6.02. The third-order valence-corrected chi connectivity index (χ3v) is 4.00. The first-order valence-corrected chi connectivity index (χ1v) is 6.51. The van der Waals surface area contributed by atoms with Gasteiger partial charge in [-0.25, -0.2) is 0 Å². The summed E-state index contributed by atoms with van der Waals surface area (Å²) >= 11 is 0. The lowest BCUT2D eigenvalue weighted by Crippen LogP contribution is -2.46. The van der Waals surface area contributed by atoms with E-state index in [1.165, 1.54) is 6.42 Å². The van der Waals surface area contributed by atoms with Gasteiger partial charge in [0.2, 0.25) is 0 Å². The molecule has 0 aromatic carbocycles. The third-order valence-electron chi connectivity index (χ3n) is 4.00. The van der Waals surface area contributed by atoms with Crippen LogP contribution in [0.3, 0.4) is 0 Å². The molecule has 0 aliphatic carbocycles. The molecule has 0 rings (SSSR count). The van der Waals surface area contributed by atoms with Gasteiger partial charge in [-0.3, -0.25) is 0 Å². The fourth-order valence-corrected chi connectivity index (χ4v) is 2.12. The Hall–Kier alpha value is -0.0800. The summed E-state index contributed by atoms with van der Waals surface area (Å²) in [6.07, 6.45) is 1.22. The van der Waals surface area contributed by atoms with Crippen LogP contribution in [-0.4, -0.2) is 38.1 Å². The SMILES string of the molecule is CCC(C)(CNC)CN(C)C(C)C(C)(C)C. The molecule has 0 spiro atoms. The van der Waals surface area contributed by atoms with E-state index in [0.717, 1.165) is 13.1 Å². The zero-order valence-electron chi connectivity index (χ0n) is 12.6. The summed E-state index contributed by atoms with van der Waals surface area (Å²) in [5.41, 5.74) is 0.728. The zero-order valence-corrected chi connectivity index (χ0v) is 12.6. The highest BCUT2D eigenvalue weighted by molar-refractivity contribution is 4.84. The smallest absolute Gasteiger partial charge is 0.0113 e. The van der Waals surface area contributed by atoms with Crippen molar-refractivity contribution < 1.29 is 0 Å². The maximum absolute atomic E-state index is 3.32. The summed E-state index contributed by atoms with van der Waals surface area (Å²) < 4.78 is 0. The highest BCUT2D eigenvalue weighted by atomic mass is 15.1. The van der Waals surface area contributed by atoms with Gasteiger partial charge in [0.25, 0.3) is 0 Å². The lowest BCUT2D eigenvalue weighted by Gasteiger charge is -2.40. The van der Waals surface area contributed by atoms with Gasteiger partial charge in [0.1, 0.15) is 0 Å². The molecule has 2 atom stereocenters. The van der Waals surface area contributed by atoms with Crippen LogP contribution >= 0.6 is 0 Å². The van der Waals surface area contributed by atoms with Crippen LogP contribution in [-0.2, 0) is 0 Å². The number of nitrogens with one attached hydrogen (secondary N) is 1. The Kier molecular flexibility index (Phi) is 5.99. The van der Waals surface area contributed by atoms with Crippen molar-refractivity contribution in [1.82, 2.24) is 10.2 Å². The van der Waals surface area contributed by atoms with E-state index in [9.17, 15) is 0 Å². The highest BCUT2D eigenvalue weighted by Gasteiger charge is 2.29. The molecule has 1 N–H and O–H groups in total. The van der Waals surface area contributed by atoms with Crippen molar-refractivity contribution in [3.63, 3.8) is 0 Å². The Labute approximate surface area is 103 Å². The van der Waals surface area contributed by atoms with Gasteiger partial charge in [0.05, 0.1) is 0 Å². The van der Waals surface area contributed by atoms with Gasteiger partial charge >= 0.3 is 0 Å². The number of hydrogen-bond acceptors (Lipinski definition) is 2. The molecule has 0 aliphatic heterocycles. The van der Waals surface area contributed by atoms with E-state index in [-0.39, 0.29) is 0 Å². The molecule has 0 fully saturated rings. The van der Waals surface area contributed by atoms with Crippen molar-refractivity contribution in [3.8, 4) is 0 Å². The fourth-order valence-electron chi connectivity index (χ4n) is 2.12. The zero-order chi connectivity index (χ0) is 13.0. The van der Waals surface area contributed by atoms with Gasteiger partial charge in [-0.2, -0.15) is 0 Å². The van der Waals surface area contributed by atoms with E-state index >= 15 is 0 Å². The van der Waals surface area contributed by atoms with Crippen LogP contribution in [0.1, 0.15) is 48.0 Å². The molecule has 0 aliphatic rings. The van der Waals surface area contributed by atoms with E-state index in [1.54, 1.807) is 0 Å². The Morgan fingerprint density at radius 2 is 1.69 bits per heavy atom. The van der Waals surface area contributed by atoms with Crippen molar-refractivity contribution in [2.45, 2.75) is 54.0 Å². The monoisotopic (exact) mass is 228 g/mol. The lowest BCUT2D eigenvalue weighted by atomic mass is 9.83. The fraction of sp³-hybridized carbons (Fsp3) is 1.00. The van der Waals surface area contributed by atoms with Crippen molar-refractivity contribution >= 4 is 0 Å². The molecule has 0 aromatic rings. The predicted octanol–water partition coefficient (Wildman–Crippen LogP) is 2.99. The van der Waals surface area contributed by atoms with Crippen molar-refractivity contribution in [2.24, 2.45) is 10.8 Å². The average Bonchev–Trinajstić information content (AvgIpc) is 2.15. The molecule has 0 amide bonds. The Balaban J connectivity index is 4.47. The quantitative estimate of drug-likeness (QED) is 0.752. The van der Waals surface area contributed by atoms with Gasteiger partial charge in [-0.05, 0) is 38.3 Å². The Morgan fingerprint density at radius 3 is 2.00 bits per heavy atom. The lowest BCUT2D eigenvalue weighted by molar-refractivity contribution is 0.0892. The second-order valence-electron chi connectivity index (χ2n) is 6.65. The predicted molar refractivity (Wildman–Crippen MR) is 73.9 cm³/mol. The molecule has 16 heavy (non-hydrogen) atoms. The van der Waals surface area contributed by atoms with Crippen LogP contribution in [0.5, 0.6) is 0 Å². The first-order chi connectivity index (χ1) is 7.16. The van der Waals surface area contributed by atoms with Crippen LogP contribution in [0.25, 0.3) is 0 Å². The van der Waals surface area contributed by atoms with Crippen LogP contribution in [0.4, 0.5) is 0 Å². The first-order valence-electron chi connectivity index (χ1n) is 6.51. The standard InChI is InChI=1S/C14H32N2/c1-9-14(6,10-15-7)11-16(8)12(2)13(3,4)5/h12,15H,9-11H2,1-8H3. The van der Waals surface area contributed by atoms with E-state index in [0.29, 0.717) is 16.9 Å². The van der Waals surface area contributed by atoms with Crippen LogP contribution < -0.4 is 5.32 Å². The third kappa shape index (κ3) is 4.84. The molecule has 0 aromatic heterocycles. The largest absolute Gasteiger partial charge is 0.319 e. The van der Waals surface area contributed by atoms with Crippen LogP contribution in [0, 0.1) is 10.8 Å². The van der Waals surface area contributed by atoms with E-state index in [2.05, 4.69) is 58.8 Å². The molecule has 2 unspecified atom stereocenters. The minimum absolute atomic E-state index is 0.350. The van der Waals surface area contributed by atoms with Crippen LogP contribution in [0.15, 0.2) is 0 Å². The summed E-state index contributed by atoms with van der Waals surface area (Å²) in [7, 11) is 4.29. The molecule has 0 heterocycles. The molecule has 2 heteroatoms. The summed E-state index contributed by atoms with van der Waals surface area (Å²) in [5, 5.41) is 3.32. The molecule has 0 radical (unpaired) electrons. The summed E-state index contributed by atoms with van der Waals surface area (Å²) in [4.78, 5) is 2.50. The molecule has 0 saturated heterocycles. The average molecular weight is 228 g/mol. The van der Waals surface area contributed by atoms with E-state index in [4.69, 9.17) is 0 Å². The van der Waals surface area contributed by atoms with Crippen LogP contribution in [0.2, 0.25) is 0 Å². The summed E-state index contributed by atoms with van der Waals surface area (Å²) in [6.45, 7) is 16.2. The van der Waals surface area contributed by atoms with Crippen molar-refractivity contribution in [2.75, 3.05) is 27.2 Å². The number of rotatable bonds is 6. The maximum atomic E-state index is 3.32. The summed E-state index contributed by atoms with van der Waals surface area (Å²) in [6, 6.07) is 0.607. The topological polar surface area (TPSA) is 15.3 Å². The van der Waals surface area contributed by atoms with Gasteiger partial charge < -0.3 is 10.2 Å². The normalized spacial score (nSPS) is 18.6. The van der Waals surface area contributed by atoms with E-state index in [1.807, 2.05) is 7.05 Å². The summed E-state index contributed by atoms with van der Waals surface area (Å²) in [5.74, 6) is 0. The van der Waals surface area contributed by atoms with Crippen molar-refractivity contribution in [3.05, 3.63) is 0 Å². The molecule has 0 bridgehead atoms. The van der Waals surface area contributed by atoms with Gasteiger partial charge in [-0.15, -0.1) is 0 Å². The minimum atomic E-state index is 0.350. The van der Waals surface area contributed by atoms with E-state index < -0.39 is 0 Å². The van der Waals surface area contributed by atoms with Gasteiger partial charge in [0.15, 0.2) is 0 Å². The molecule has 2 nitrogen and oxygen atoms in total. The first kappa shape index (κ1) is 15.9. The highest BCUT2D eigenvalue weighted by Crippen LogP contribution is 2.27. The van der Waals surface area contributed by atoms with Crippen molar-refractivity contribution in [1.29, 1.82) is 0 Å². The van der Waals surface area contributed by atoms with Gasteiger partial charge in [-0.1, -0.05) is 34.6 Å². The van der Waals surface area contributed by atoms with Gasteiger partial charge in [0, 0.05) is 19.1 Å². The number of nitrogens with zero attached hydrogens (tertiary/aromatic N) is 1. The maximum Gasteiger partial charge on any atom is 0.0113 e.